The van der Waals surface area contributed by atoms with Crippen molar-refractivity contribution in [1.29, 1.82) is 0 Å². The molecular formula is C18H18N4O2. The highest BCUT2D eigenvalue weighted by Crippen LogP contribution is 2.13. The topological polar surface area (TPSA) is 60.3 Å². The van der Waals surface area contributed by atoms with Gasteiger partial charge in [-0.25, -0.2) is 9.75 Å². The van der Waals surface area contributed by atoms with Gasteiger partial charge >= 0.3 is 0 Å². The Balaban J connectivity index is 1.72. The minimum Gasteiger partial charge on any atom is -0.266 e. The number of hydrogen-bond acceptors (Lipinski definition) is 4. The highest BCUT2D eigenvalue weighted by Gasteiger charge is 2.21. The van der Waals surface area contributed by atoms with Crippen LogP contribution in [0.2, 0.25) is 0 Å². The summed E-state index contributed by atoms with van der Waals surface area (Å²) in [4.78, 5) is 18.0. The first-order chi connectivity index (χ1) is 11.7. The van der Waals surface area contributed by atoms with Crippen LogP contribution in [0, 0.1) is 6.92 Å². The molecule has 6 nitrogen and oxygen atoms in total. The molecule has 122 valence electrons. The minimum absolute atomic E-state index is 0.273. The molecule has 0 spiro atoms. The van der Waals surface area contributed by atoms with Crippen molar-refractivity contribution in [3.05, 3.63) is 77.6 Å². The van der Waals surface area contributed by atoms with Gasteiger partial charge in [0.05, 0.1) is 11.4 Å². The number of carbonyl (C=O) groups is 1. The van der Waals surface area contributed by atoms with Gasteiger partial charge in [0.1, 0.15) is 6.61 Å². The van der Waals surface area contributed by atoms with E-state index in [2.05, 4.69) is 10.3 Å². The molecule has 2 aromatic carbocycles. The standard InChI is InChI=1S/C18H18N4O2/c1-14-17(19-20-22(14)16-11-7-4-8-12-16)18(23)21(2)24-13-15-9-5-3-6-10-15/h3-12H,13H2,1-2H3. The van der Waals surface area contributed by atoms with Crippen molar-refractivity contribution >= 4 is 5.91 Å². The van der Waals surface area contributed by atoms with Gasteiger partial charge in [0.15, 0.2) is 5.69 Å². The molecule has 0 bridgehead atoms. The Labute approximate surface area is 140 Å². The Hall–Kier alpha value is -2.99. The van der Waals surface area contributed by atoms with Crippen molar-refractivity contribution in [3.8, 4) is 5.69 Å². The second kappa shape index (κ2) is 7.06. The fraction of sp³-hybridized carbons (Fsp3) is 0.167. The molecule has 0 atom stereocenters. The fourth-order valence-electron chi connectivity index (χ4n) is 2.29. The smallest absolute Gasteiger partial charge is 0.266 e. The summed E-state index contributed by atoms with van der Waals surface area (Å²) in [7, 11) is 1.58. The lowest BCUT2D eigenvalue weighted by Gasteiger charge is -2.15. The average molecular weight is 322 g/mol. The summed E-state index contributed by atoms with van der Waals surface area (Å²) in [6, 6.07) is 19.2. The van der Waals surface area contributed by atoms with E-state index >= 15 is 0 Å². The summed E-state index contributed by atoms with van der Waals surface area (Å²) in [6.07, 6.45) is 0. The summed E-state index contributed by atoms with van der Waals surface area (Å²) in [5.41, 5.74) is 2.78. The molecular weight excluding hydrogens is 304 g/mol. The monoisotopic (exact) mass is 322 g/mol. The third kappa shape index (κ3) is 3.33. The van der Waals surface area contributed by atoms with E-state index in [0.717, 1.165) is 11.3 Å². The number of hydroxylamine groups is 2. The second-order valence-corrected chi connectivity index (χ2v) is 5.33. The normalized spacial score (nSPS) is 10.6. The van der Waals surface area contributed by atoms with Gasteiger partial charge in [-0.1, -0.05) is 53.7 Å². The van der Waals surface area contributed by atoms with Crippen molar-refractivity contribution in [3.63, 3.8) is 0 Å². The Kier molecular flexibility index (Phi) is 4.67. The molecule has 0 fully saturated rings. The maximum atomic E-state index is 12.5. The van der Waals surface area contributed by atoms with Crippen LogP contribution in [0.25, 0.3) is 5.69 Å². The van der Waals surface area contributed by atoms with Crippen LogP contribution in [0.1, 0.15) is 21.7 Å². The number of carbonyl (C=O) groups excluding carboxylic acids is 1. The van der Waals surface area contributed by atoms with E-state index in [1.807, 2.05) is 67.6 Å². The molecule has 3 rings (SSSR count). The van der Waals surface area contributed by atoms with Gasteiger partial charge in [-0.15, -0.1) is 5.10 Å². The summed E-state index contributed by atoms with van der Waals surface area (Å²) in [5, 5.41) is 9.27. The van der Waals surface area contributed by atoms with Crippen LogP contribution in [-0.4, -0.2) is 33.0 Å². The maximum absolute atomic E-state index is 12.5. The summed E-state index contributed by atoms with van der Waals surface area (Å²) in [5.74, 6) is -0.328. The van der Waals surface area contributed by atoms with Gasteiger partial charge in [0, 0.05) is 7.05 Å². The highest BCUT2D eigenvalue weighted by atomic mass is 16.7. The second-order valence-electron chi connectivity index (χ2n) is 5.33. The van der Waals surface area contributed by atoms with Crippen molar-refractivity contribution in [2.75, 3.05) is 7.05 Å². The summed E-state index contributed by atoms with van der Waals surface area (Å²) < 4.78 is 1.64. The number of para-hydroxylation sites is 1. The van der Waals surface area contributed by atoms with E-state index in [1.54, 1.807) is 11.7 Å². The predicted octanol–water partition coefficient (Wildman–Crippen LogP) is 2.78. The number of hydrogen-bond donors (Lipinski definition) is 0. The van der Waals surface area contributed by atoms with Gasteiger partial charge in [0.2, 0.25) is 0 Å². The number of rotatable bonds is 5. The van der Waals surface area contributed by atoms with Crippen LogP contribution in [-0.2, 0) is 11.4 Å². The van der Waals surface area contributed by atoms with Crippen LogP contribution in [0.3, 0.4) is 0 Å². The molecule has 0 saturated heterocycles. The third-order valence-electron chi connectivity index (χ3n) is 3.65. The Morgan fingerprint density at radius 3 is 2.38 bits per heavy atom. The fourth-order valence-corrected chi connectivity index (χ4v) is 2.29. The first-order valence-electron chi connectivity index (χ1n) is 7.59. The van der Waals surface area contributed by atoms with Crippen LogP contribution in [0.15, 0.2) is 60.7 Å². The maximum Gasteiger partial charge on any atom is 0.299 e. The van der Waals surface area contributed by atoms with E-state index in [-0.39, 0.29) is 11.6 Å². The first-order valence-corrected chi connectivity index (χ1v) is 7.59. The van der Waals surface area contributed by atoms with Crippen LogP contribution in [0.4, 0.5) is 0 Å². The summed E-state index contributed by atoms with van der Waals surface area (Å²) in [6.45, 7) is 2.13. The molecule has 24 heavy (non-hydrogen) atoms. The Bertz CT molecular complexity index is 816. The van der Waals surface area contributed by atoms with Gasteiger partial charge in [-0.2, -0.15) is 0 Å². The summed E-state index contributed by atoms with van der Waals surface area (Å²) >= 11 is 0. The Morgan fingerprint density at radius 1 is 1.08 bits per heavy atom. The van der Waals surface area contributed by atoms with Crippen LogP contribution < -0.4 is 0 Å². The van der Waals surface area contributed by atoms with Crippen LogP contribution >= 0.6 is 0 Å². The lowest BCUT2D eigenvalue weighted by atomic mass is 10.2. The van der Waals surface area contributed by atoms with E-state index in [0.29, 0.717) is 12.3 Å². The predicted molar refractivity (Wildman–Crippen MR) is 89.4 cm³/mol. The molecule has 1 heterocycles. The molecule has 0 saturated carbocycles. The van der Waals surface area contributed by atoms with Crippen molar-refractivity contribution in [2.24, 2.45) is 0 Å². The minimum atomic E-state index is -0.328. The van der Waals surface area contributed by atoms with E-state index in [9.17, 15) is 4.79 Å². The molecule has 0 unspecified atom stereocenters. The molecule has 0 radical (unpaired) electrons. The quantitative estimate of drug-likeness (QED) is 0.678. The van der Waals surface area contributed by atoms with Gasteiger partial charge in [-0.05, 0) is 24.6 Å². The largest absolute Gasteiger partial charge is 0.299 e. The highest BCUT2D eigenvalue weighted by molar-refractivity contribution is 5.92. The number of nitrogens with zero attached hydrogens (tertiary/aromatic N) is 4. The Morgan fingerprint density at radius 2 is 1.71 bits per heavy atom. The van der Waals surface area contributed by atoms with E-state index in [1.165, 1.54) is 5.06 Å². The van der Waals surface area contributed by atoms with Gasteiger partial charge in [0.25, 0.3) is 5.91 Å². The number of amides is 1. The SMILES string of the molecule is Cc1c(C(=O)N(C)OCc2ccccc2)nnn1-c1ccccc1. The zero-order valence-corrected chi connectivity index (χ0v) is 13.6. The van der Waals surface area contributed by atoms with Crippen molar-refractivity contribution < 1.29 is 9.63 Å². The lowest BCUT2D eigenvalue weighted by molar-refractivity contribution is -0.116. The molecule has 1 amide bonds. The van der Waals surface area contributed by atoms with Crippen molar-refractivity contribution in [2.45, 2.75) is 13.5 Å². The molecule has 0 aliphatic rings. The van der Waals surface area contributed by atoms with Crippen molar-refractivity contribution in [1.82, 2.24) is 20.1 Å². The van der Waals surface area contributed by atoms with Gasteiger partial charge < -0.3 is 0 Å². The lowest BCUT2D eigenvalue weighted by Crippen LogP contribution is -2.28. The average Bonchev–Trinajstić information content (AvgIpc) is 3.02. The number of aromatic nitrogens is 3. The van der Waals surface area contributed by atoms with Crippen LogP contribution in [0.5, 0.6) is 0 Å². The van der Waals surface area contributed by atoms with Gasteiger partial charge in [-0.3, -0.25) is 9.63 Å². The molecule has 0 N–H and O–H groups in total. The van der Waals surface area contributed by atoms with E-state index < -0.39 is 0 Å². The molecule has 1 aromatic heterocycles. The first kappa shape index (κ1) is 15.9. The molecule has 3 aromatic rings. The number of benzene rings is 2. The molecule has 6 heteroatoms. The van der Waals surface area contributed by atoms with E-state index in [4.69, 9.17) is 4.84 Å². The zero-order chi connectivity index (χ0) is 16.9. The third-order valence-corrected chi connectivity index (χ3v) is 3.65. The molecule has 0 aliphatic carbocycles. The molecule has 0 aliphatic heterocycles. The zero-order valence-electron chi connectivity index (χ0n) is 13.6.